The summed E-state index contributed by atoms with van der Waals surface area (Å²) in [5.74, 6) is -0.00466. The van der Waals surface area contributed by atoms with E-state index in [1.54, 1.807) is 0 Å². The lowest BCUT2D eigenvalue weighted by atomic mass is 10.1. The Morgan fingerprint density at radius 3 is 2.52 bits per heavy atom. The minimum Gasteiger partial charge on any atom is -0.348 e. The minimum absolute atomic E-state index is 0.00466. The number of amides is 1. The second-order valence-corrected chi connectivity index (χ2v) is 6.93. The van der Waals surface area contributed by atoms with Gasteiger partial charge in [-0.3, -0.25) is 9.69 Å². The van der Waals surface area contributed by atoms with Crippen LogP contribution in [0, 0.1) is 0 Å². The summed E-state index contributed by atoms with van der Waals surface area (Å²) in [5.41, 5.74) is 2.10. The van der Waals surface area contributed by atoms with Crippen LogP contribution in [0.25, 0.3) is 0 Å². The summed E-state index contributed by atoms with van der Waals surface area (Å²) >= 11 is 9.56. The van der Waals surface area contributed by atoms with Crippen LogP contribution in [0.1, 0.15) is 24.1 Å². The number of carbonyl (C=O) groups excluding carboxylic acids is 1. The van der Waals surface area contributed by atoms with Crippen LogP contribution in [-0.4, -0.2) is 24.4 Å². The Bertz CT molecular complexity index is 660. The molecule has 1 N–H and O–H groups in total. The van der Waals surface area contributed by atoms with Crippen LogP contribution in [0.4, 0.5) is 0 Å². The molecule has 1 atom stereocenters. The van der Waals surface area contributed by atoms with Gasteiger partial charge in [0.2, 0.25) is 5.91 Å². The number of hydrogen-bond donors (Lipinski definition) is 1. The van der Waals surface area contributed by atoms with Crippen LogP contribution < -0.4 is 5.32 Å². The molecule has 0 fully saturated rings. The largest absolute Gasteiger partial charge is 0.348 e. The number of halogens is 2. The van der Waals surface area contributed by atoms with E-state index in [9.17, 15) is 4.79 Å². The summed E-state index contributed by atoms with van der Waals surface area (Å²) in [4.78, 5) is 14.1. The number of benzene rings is 2. The highest BCUT2D eigenvalue weighted by Crippen LogP contribution is 2.17. The zero-order chi connectivity index (χ0) is 16.8. The van der Waals surface area contributed by atoms with Gasteiger partial charge in [-0.1, -0.05) is 57.9 Å². The number of hydrogen-bond acceptors (Lipinski definition) is 2. The summed E-state index contributed by atoms with van der Waals surface area (Å²) in [6.45, 7) is 2.95. The summed E-state index contributed by atoms with van der Waals surface area (Å²) in [6, 6.07) is 15.6. The molecule has 2 aromatic carbocycles. The van der Waals surface area contributed by atoms with E-state index in [0.29, 0.717) is 13.1 Å². The highest BCUT2D eigenvalue weighted by atomic mass is 79.9. The predicted octanol–water partition coefficient (Wildman–Crippen LogP) is 4.41. The molecule has 2 rings (SSSR count). The molecule has 0 aromatic heterocycles. The van der Waals surface area contributed by atoms with E-state index >= 15 is 0 Å². The van der Waals surface area contributed by atoms with Gasteiger partial charge in [-0.05, 0) is 43.3 Å². The van der Waals surface area contributed by atoms with Gasteiger partial charge in [0.15, 0.2) is 0 Å². The first-order valence-electron chi connectivity index (χ1n) is 7.42. The van der Waals surface area contributed by atoms with Crippen LogP contribution in [-0.2, 0) is 11.3 Å². The molecule has 5 heteroatoms. The van der Waals surface area contributed by atoms with Crippen LogP contribution in [0.3, 0.4) is 0 Å². The van der Waals surface area contributed by atoms with Crippen LogP contribution in [0.2, 0.25) is 5.02 Å². The highest BCUT2D eigenvalue weighted by molar-refractivity contribution is 9.10. The number of likely N-dealkylation sites (N-methyl/N-ethyl adjacent to an activating group) is 1. The van der Waals surface area contributed by atoms with Crippen molar-refractivity contribution in [3.05, 3.63) is 69.2 Å². The average molecular weight is 396 g/mol. The maximum atomic E-state index is 12.2. The number of nitrogens with zero attached hydrogens (tertiary/aromatic N) is 1. The lowest BCUT2D eigenvalue weighted by Crippen LogP contribution is -2.36. The molecule has 0 saturated carbocycles. The molecule has 0 aliphatic rings. The Morgan fingerprint density at radius 2 is 1.87 bits per heavy atom. The van der Waals surface area contributed by atoms with Crippen molar-refractivity contribution >= 4 is 33.4 Å². The zero-order valence-electron chi connectivity index (χ0n) is 13.2. The number of carbonyl (C=O) groups is 1. The Balaban J connectivity index is 1.86. The molecule has 0 heterocycles. The molecule has 0 bridgehead atoms. The Labute approximate surface area is 150 Å². The molecule has 0 unspecified atom stereocenters. The molecule has 0 aliphatic carbocycles. The maximum absolute atomic E-state index is 12.2. The van der Waals surface area contributed by atoms with Crippen molar-refractivity contribution in [1.82, 2.24) is 10.2 Å². The number of nitrogens with one attached hydrogen (secondary N) is 1. The summed E-state index contributed by atoms with van der Waals surface area (Å²) in [7, 11) is 1.91. The SMILES string of the molecule is C[C@H](NC(=O)CN(C)Cc1ccccc1Cl)c1ccc(Br)cc1. The third kappa shape index (κ3) is 5.65. The summed E-state index contributed by atoms with van der Waals surface area (Å²) in [5, 5.41) is 3.74. The third-order valence-corrected chi connectivity index (χ3v) is 4.46. The summed E-state index contributed by atoms with van der Waals surface area (Å²) in [6.07, 6.45) is 0. The van der Waals surface area contributed by atoms with Crippen molar-refractivity contribution in [2.75, 3.05) is 13.6 Å². The minimum atomic E-state index is -0.0238. The second kappa shape index (κ2) is 8.48. The predicted molar refractivity (Wildman–Crippen MR) is 98.5 cm³/mol. The van der Waals surface area contributed by atoms with Gasteiger partial charge >= 0.3 is 0 Å². The Hall–Kier alpha value is -1.36. The fraction of sp³-hybridized carbons (Fsp3) is 0.278. The van der Waals surface area contributed by atoms with E-state index in [1.807, 2.05) is 67.4 Å². The van der Waals surface area contributed by atoms with E-state index in [1.165, 1.54) is 0 Å². The molecule has 122 valence electrons. The molecule has 0 saturated heterocycles. The van der Waals surface area contributed by atoms with Crippen molar-refractivity contribution in [3.63, 3.8) is 0 Å². The highest BCUT2D eigenvalue weighted by Gasteiger charge is 2.12. The molecular weight excluding hydrogens is 376 g/mol. The first-order valence-corrected chi connectivity index (χ1v) is 8.59. The smallest absolute Gasteiger partial charge is 0.234 e. The quantitative estimate of drug-likeness (QED) is 0.785. The van der Waals surface area contributed by atoms with E-state index < -0.39 is 0 Å². The molecule has 1 amide bonds. The van der Waals surface area contributed by atoms with E-state index in [0.717, 1.165) is 20.6 Å². The molecule has 0 spiro atoms. The van der Waals surface area contributed by atoms with E-state index in [4.69, 9.17) is 11.6 Å². The van der Waals surface area contributed by atoms with Gasteiger partial charge in [0, 0.05) is 16.0 Å². The Morgan fingerprint density at radius 1 is 1.22 bits per heavy atom. The van der Waals surface area contributed by atoms with Crippen LogP contribution in [0.5, 0.6) is 0 Å². The average Bonchev–Trinajstić information content (AvgIpc) is 2.50. The molecule has 0 aliphatic heterocycles. The normalized spacial score (nSPS) is 12.2. The van der Waals surface area contributed by atoms with Crippen molar-refractivity contribution in [1.29, 1.82) is 0 Å². The van der Waals surface area contributed by atoms with Gasteiger partial charge in [-0.25, -0.2) is 0 Å². The molecule has 23 heavy (non-hydrogen) atoms. The van der Waals surface area contributed by atoms with Crippen molar-refractivity contribution in [3.8, 4) is 0 Å². The Kier molecular flexibility index (Phi) is 6.63. The van der Waals surface area contributed by atoms with E-state index in [-0.39, 0.29) is 11.9 Å². The molecular formula is C18H20BrClN2O. The fourth-order valence-corrected chi connectivity index (χ4v) is 2.80. The first kappa shape index (κ1) is 18.0. The monoisotopic (exact) mass is 394 g/mol. The van der Waals surface area contributed by atoms with Gasteiger partial charge in [-0.2, -0.15) is 0 Å². The van der Waals surface area contributed by atoms with Gasteiger partial charge in [0.25, 0.3) is 0 Å². The van der Waals surface area contributed by atoms with Crippen molar-refractivity contribution < 1.29 is 4.79 Å². The number of rotatable bonds is 6. The van der Waals surface area contributed by atoms with Crippen molar-refractivity contribution in [2.24, 2.45) is 0 Å². The third-order valence-electron chi connectivity index (χ3n) is 3.56. The second-order valence-electron chi connectivity index (χ2n) is 5.60. The zero-order valence-corrected chi connectivity index (χ0v) is 15.6. The van der Waals surface area contributed by atoms with Crippen LogP contribution in [0.15, 0.2) is 53.0 Å². The standard InChI is InChI=1S/C18H20BrClN2O/c1-13(14-7-9-16(19)10-8-14)21-18(23)12-22(2)11-15-5-3-4-6-17(15)20/h3-10,13H,11-12H2,1-2H3,(H,21,23)/t13-/m0/s1. The lowest BCUT2D eigenvalue weighted by Gasteiger charge is -2.20. The fourth-order valence-electron chi connectivity index (χ4n) is 2.34. The van der Waals surface area contributed by atoms with Gasteiger partial charge in [0.05, 0.1) is 12.6 Å². The lowest BCUT2D eigenvalue weighted by molar-refractivity contribution is -0.122. The van der Waals surface area contributed by atoms with Gasteiger partial charge in [0.1, 0.15) is 0 Å². The molecule has 3 nitrogen and oxygen atoms in total. The topological polar surface area (TPSA) is 32.3 Å². The first-order chi connectivity index (χ1) is 11.0. The van der Waals surface area contributed by atoms with E-state index in [2.05, 4.69) is 21.2 Å². The van der Waals surface area contributed by atoms with Crippen LogP contribution >= 0.6 is 27.5 Å². The summed E-state index contributed by atoms with van der Waals surface area (Å²) < 4.78 is 1.03. The molecule has 2 aromatic rings. The van der Waals surface area contributed by atoms with Crippen molar-refractivity contribution in [2.45, 2.75) is 19.5 Å². The maximum Gasteiger partial charge on any atom is 0.234 e. The molecule has 0 radical (unpaired) electrons. The van der Waals surface area contributed by atoms with Gasteiger partial charge < -0.3 is 5.32 Å². The van der Waals surface area contributed by atoms with Gasteiger partial charge in [-0.15, -0.1) is 0 Å².